The Morgan fingerprint density at radius 2 is 1.83 bits per heavy atom. The molecule has 0 saturated carbocycles. The second-order valence-electron chi connectivity index (χ2n) is 6.80. The molecule has 0 spiro atoms. The number of rotatable bonds is 3. The van der Waals surface area contributed by atoms with Crippen LogP contribution < -0.4 is 10.2 Å². The molecule has 0 aliphatic carbocycles. The fraction of sp³-hybridized carbons (Fsp3) is 0.429. The summed E-state index contributed by atoms with van der Waals surface area (Å²) in [4.78, 5) is 2.64. The van der Waals surface area contributed by atoms with Gasteiger partial charge in [0.25, 0.3) is 0 Å². The lowest BCUT2D eigenvalue weighted by Gasteiger charge is -2.40. The molecule has 0 amide bonds. The fourth-order valence-electron chi connectivity index (χ4n) is 4.05. The van der Waals surface area contributed by atoms with Crippen molar-refractivity contribution in [3.63, 3.8) is 0 Å². The van der Waals surface area contributed by atoms with E-state index >= 15 is 0 Å². The fourth-order valence-corrected chi connectivity index (χ4v) is 5.21. The molecular weight excluding hydrogens is 312 g/mol. The van der Waals surface area contributed by atoms with Crippen molar-refractivity contribution in [2.45, 2.75) is 24.8 Å². The van der Waals surface area contributed by atoms with E-state index in [1.165, 1.54) is 35.6 Å². The zero-order valence-electron chi connectivity index (χ0n) is 14.2. The molecule has 2 aromatic carbocycles. The van der Waals surface area contributed by atoms with Crippen LogP contribution in [0.5, 0.6) is 0 Å². The minimum atomic E-state index is 0.428. The van der Waals surface area contributed by atoms with Crippen LogP contribution in [0.15, 0.2) is 54.6 Å². The van der Waals surface area contributed by atoms with Gasteiger partial charge in [0.1, 0.15) is 0 Å². The van der Waals surface area contributed by atoms with Crippen LogP contribution in [-0.4, -0.2) is 31.1 Å². The van der Waals surface area contributed by atoms with E-state index in [4.69, 9.17) is 0 Å². The van der Waals surface area contributed by atoms with E-state index in [9.17, 15) is 0 Å². The Morgan fingerprint density at radius 3 is 2.67 bits per heavy atom. The van der Waals surface area contributed by atoms with Crippen molar-refractivity contribution in [1.82, 2.24) is 5.32 Å². The molecule has 1 N–H and O–H groups in total. The number of benzene rings is 2. The first-order valence-corrected chi connectivity index (χ1v) is 10.3. The first-order valence-electron chi connectivity index (χ1n) is 9.12. The molecule has 3 heteroatoms. The van der Waals surface area contributed by atoms with Gasteiger partial charge in [-0.1, -0.05) is 48.5 Å². The average molecular weight is 339 g/mol. The van der Waals surface area contributed by atoms with Crippen molar-refractivity contribution in [2.24, 2.45) is 0 Å². The van der Waals surface area contributed by atoms with Gasteiger partial charge >= 0.3 is 0 Å². The predicted octanol–water partition coefficient (Wildman–Crippen LogP) is 4.45. The number of hydrogen-bond acceptors (Lipinski definition) is 3. The molecule has 2 aromatic rings. The van der Waals surface area contributed by atoms with Crippen LogP contribution in [0.4, 0.5) is 5.69 Å². The Labute approximate surface area is 149 Å². The molecule has 2 aliphatic heterocycles. The molecule has 2 atom stereocenters. The molecule has 2 saturated heterocycles. The van der Waals surface area contributed by atoms with E-state index in [0.717, 1.165) is 19.6 Å². The maximum Gasteiger partial charge on any atom is 0.0667 e. The quantitative estimate of drug-likeness (QED) is 0.890. The summed E-state index contributed by atoms with van der Waals surface area (Å²) in [6, 6.07) is 20.5. The summed E-state index contributed by atoms with van der Waals surface area (Å²) >= 11 is 2.12. The Kier molecular flexibility index (Phi) is 5.10. The van der Waals surface area contributed by atoms with Gasteiger partial charge in [-0.15, -0.1) is 0 Å². The number of thioether (sulfide) groups is 1. The predicted molar refractivity (Wildman–Crippen MR) is 105 cm³/mol. The van der Waals surface area contributed by atoms with Crippen LogP contribution in [0.2, 0.25) is 0 Å². The summed E-state index contributed by atoms with van der Waals surface area (Å²) in [7, 11) is 0. The zero-order valence-corrected chi connectivity index (χ0v) is 15.0. The molecule has 2 nitrogen and oxygen atoms in total. The highest BCUT2D eigenvalue weighted by molar-refractivity contribution is 7.99. The van der Waals surface area contributed by atoms with Gasteiger partial charge in [0, 0.05) is 31.1 Å². The smallest absolute Gasteiger partial charge is 0.0667 e. The number of anilines is 1. The Morgan fingerprint density at radius 1 is 1.00 bits per heavy atom. The van der Waals surface area contributed by atoms with Crippen molar-refractivity contribution in [3.05, 3.63) is 65.7 Å². The third kappa shape index (κ3) is 3.33. The first kappa shape index (κ1) is 16.0. The van der Waals surface area contributed by atoms with Gasteiger partial charge in [-0.25, -0.2) is 0 Å². The van der Waals surface area contributed by atoms with Gasteiger partial charge < -0.3 is 10.2 Å². The molecule has 0 radical (unpaired) electrons. The highest BCUT2D eigenvalue weighted by Gasteiger charge is 2.27. The van der Waals surface area contributed by atoms with Crippen LogP contribution in [0.25, 0.3) is 0 Å². The molecule has 126 valence electrons. The molecular formula is C21H26N2S. The van der Waals surface area contributed by atoms with Crippen molar-refractivity contribution < 1.29 is 0 Å². The van der Waals surface area contributed by atoms with Gasteiger partial charge in [-0.05, 0) is 41.7 Å². The van der Waals surface area contributed by atoms with Crippen LogP contribution in [-0.2, 0) is 0 Å². The average Bonchev–Trinajstić information content (AvgIpc) is 2.69. The van der Waals surface area contributed by atoms with Gasteiger partial charge in [-0.3, -0.25) is 0 Å². The lowest BCUT2D eigenvalue weighted by molar-refractivity contribution is 0.487. The van der Waals surface area contributed by atoms with Gasteiger partial charge in [0.2, 0.25) is 0 Å². The summed E-state index contributed by atoms with van der Waals surface area (Å²) in [6.07, 6.45) is 2.69. The maximum atomic E-state index is 3.59. The van der Waals surface area contributed by atoms with Crippen molar-refractivity contribution in [3.8, 4) is 0 Å². The van der Waals surface area contributed by atoms with Crippen LogP contribution in [0, 0.1) is 0 Å². The molecule has 24 heavy (non-hydrogen) atoms. The number of para-hydroxylation sites is 1. The summed E-state index contributed by atoms with van der Waals surface area (Å²) in [6.45, 7) is 3.17. The van der Waals surface area contributed by atoms with E-state index in [0.29, 0.717) is 12.0 Å². The van der Waals surface area contributed by atoms with E-state index in [-0.39, 0.29) is 0 Å². The van der Waals surface area contributed by atoms with Gasteiger partial charge in [0.05, 0.1) is 6.04 Å². The van der Waals surface area contributed by atoms with E-state index < -0.39 is 0 Å². The van der Waals surface area contributed by atoms with Gasteiger partial charge in [-0.2, -0.15) is 11.8 Å². The van der Waals surface area contributed by atoms with Gasteiger partial charge in [0.15, 0.2) is 0 Å². The highest BCUT2D eigenvalue weighted by atomic mass is 32.2. The Hall–Kier alpha value is -1.45. The maximum absolute atomic E-state index is 3.59. The molecule has 2 heterocycles. The highest BCUT2D eigenvalue weighted by Crippen LogP contribution is 2.39. The summed E-state index contributed by atoms with van der Waals surface area (Å²) in [5, 5.41) is 3.59. The van der Waals surface area contributed by atoms with E-state index in [1.807, 2.05) is 0 Å². The van der Waals surface area contributed by atoms with Crippen LogP contribution >= 0.6 is 11.8 Å². The second-order valence-corrected chi connectivity index (χ2v) is 7.95. The Bertz CT molecular complexity index is 652. The minimum Gasteiger partial charge on any atom is -0.362 e. The molecule has 0 bridgehead atoms. The third-order valence-corrected chi connectivity index (χ3v) is 6.49. The Balaban J connectivity index is 1.68. The molecule has 2 fully saturated rings. The summed E-state index contributed by atoms with van der Waals surface area (Å²) in [5.74, 6) is 3.32. The number of nitrogens with zero attached hydrogens (tertiary/aromatic N) is 1. The normalized spacial score (nSPS) is 24.8. The minimum absolute atomic E-state index is 0.428. The van der Waals surface area contributed by atoms with Crippen molar-refractivity contribution >= 4 is 17.4 Å². The molecule has 2 aliphatic rings. The number of hydrogen-bond donors (Lipinski definition) is 1. The lowest BCUT2D eigenvalue weighted by atomic mass is 9.92. The van der Waals surface area contributed by atoms with Crippen molar-refractivity contribution in [1.29, 1.82) is 0 Å². The van der Waals surface area contributed by atoms with Crippen LogP contribution in [0.1, 0.15) is 35.9 Å². The lowest BCUT2D eigenvalue weighted by Crippen LogP contribution is -2.46. The standard InChI is InChI=1S/C21H26N2S/c1-2-7-17(8-3-1)21-15-22-12-13-23(21)20-11-5-4-10-19(20)18-9-6-14-24-16-18/h1-5,7-8,10-11,18,21-22H,6,9,12-16H2. The van der Waals surface area contributed by atoms with E-state index in [1.54, 1.807) is 5.56 Å². The molecule has 4 rings (SSSR count). The second kappa shape index (κ2) is 7.62. The molecule has 0 aromatic heterocycles. The number of nitrogens with one attached hydrogen (secondary N) is 1. The number of piperazine rings is 1. The third-order valence-electron chi connectivity index (χ3n) is 5.27. The summed E-state index contributed by atoms with van der Waals surface area (Å²) in [5.41, 5.74) is 4.44. The largest absolute Gasteiger partial charge is 0.362 e. The van der Waals surface area contributed by atoms with Crippen LogP contribution in [0.3, 0.4) is 0 Å². The SMILES string of the molecule is c1ccc(C2CNCCN2c2ccccc2C2CCCSC2)cc1. The monoisotopic (exact) mass is 338 g/mol. The van der Waals surface area contributed by atoms with Crippen molar-refractivity contribution in [2.75, 3.05) is 36.0 Å². The molecule has 2 unspecified atom stereocenters. The summed E-state index contributed by atoms with van der Waals surface area (Å²) < 4.78 is 0. The first-order chi connectivity index (χ1) is 11.9. The topological polar surface area (TPSA) is 15.3 Å². The zero-order chi connectivity index (χ0) is 16.2. The van der Waals surface area contributed by atoms with E-state index in [2.05, 4.69) is 76.6 Å².